The zero-order chi connectivity index (χ0) is 13.4. The molecule has 0 fully saturated rings. The number of aromatic nitrogens is 1. The number of fused-ring (bicyclic) bond motifs is 1. The van der Waals surface area contributed by atoms with Crippen LogP contribution in [0.5, 0.6) is 0 Å². The Morgan fingerprint density at radius 1 is 1.47 bits per heavy atom. The lowest BCUT2D eigenvalue weighted by molar-refractivity contribution is 0.0766. The average Bonchev–Trinajstić information content (AvgIpc) is 2.76. The van der Waals surface area contributed by atoms with Crippen LogP contribution in [0.1, 0.15) is 23.7 Å². The van der Waals surface area contributed by atoms with Gasteiger partial charge in [-0.05, 0) is 31.5 Å². The molecule has 2 N–H and O–H groups in total. The first-order chi connectivity index (χ1) is 9.13. The van der Waals surface area contributed by atoms with Crippen molar-refractivity contribution >= 4 is 32.6 Å². The Morgan fingerprint density at radius 2 is 2.32 bits per heavy atom. The van der Waals surface area contributed by atoms with E-state index in [0.29, 0.717) is 10.7 Å². The number of hydrogen-bond acceptors (Lipinski definition) is 4. The van der Waals surface area contributed by atoms with Crippen molar-refractivity contribution in [1.82, 2.24) is 9.88 Å². The fraction of sp³-hybridized carbons (Fsp3) is 0.286. The average molecular weight is 273 g/mol. The molecule has 2 heterocycles. The summed E-state index contributed by atoms with van der Waals surface area (Å²) in [7, 11) is 0. The molecule has 2 aromatic rings. The summed E-state index contributed by atoms with van der Waals surface area (Å²) in [5, 5.41) is 0.538. The minimum absolute atomic E-state index is 0.0846. The molecular weight excluding hydrogens is 258 g/mol. The van der Waals surface area contributed by atoms with Crippen molar-refractivity contribution in [1.29, 1.82) is 0 Å². The van der Waals surface area contributed by atoms with Gasteiger partial charge in [0.2, 0.25) is 0 Å². The lowest BCUT2D eigenvalue weighted by Gasteiger charge is -2.26. The number of hydrogen-bond donors (Lipinski definition) is 1. The van der Waals surface area contributed by atoms with Crippen LogP contribution in [0, 0.1) is 0 Å². The van der Waals surface area contributed by atoms with Crippen molar-refractivity contribution in [2.75, 3.05) is 18.8 Å². The van der Waals surface area contributed by atoms with E-state index in [0.717, 1.165) is 29.7 Å². The second kappa shape index (κ2) is 4.66. The lowest BCUT2D eigenvalue weighted by Crippen LogP contribution is -2.35. The van der Waals surface area contributed by atoms with E-state index in [2.05, 4.69) is 18.0 Å². The van der Waals surface area contributed by atoms with Crippen molar-refractivity contribution < 1.29 is 4.79 Å². The first kappa shape index (κ1) is 12.2. The third-order valence-electron chi connectivity index (χ3n) is 3.27. The Kier molecular flexibility index (Phi) is 2.98. The van der Waals surface area contributed by atoms with Gasteiger partial charge in [0.15, 0.2) is 5.13 Å². The van der Waals surface area contributed by atoms with Crippen molar-refractivity contribution in [2.24, 2.45) is 0 Å². The maximum absolute atomic E-state index is 12.4. The highest BCUT2D eigenvalue weighted by molar-refractivity contribution is 7.22. The number of nitrogen functional groups attached to an aromatic ring is 1. The summed E-state index contributed by atoms with van der Waals surface area (Å²) >= 11 is 1.42. The van der Waals surface area contributed by atoms with Gasteiger partial charge in [0.1, 0.15) is 0 Å². The fourth-order valence-corrected chi connectivity index (χ4v) is 3.12. The second-order valence-electron chi connectivity index (χ2n) is 4.80. The molecule has 0 saturated carbocycles. The molecule has 98 valence electrons. The van der Waals surface area contributed by atoms with E-state index in [4.69, 9.17) is 5.73 Å². The van der Waals surface area contributed by atoms with Gasteiger partial charge in [-0.25, -0.2) is 4.98 Å². The highest BCUT2D eigenvalue weighted by Crippen LogP contribution is 2.25. The Bertz CT molecular complexity index is 674. The van der Waals surface area contributed by atoms with E-state index < -0.39 is 0 Å². The molecule has 1 amide bonds. The zero-order valence-electron chi connectivity index (χ0n) is 10.7. The molecule has 19 heavy (non-hydrogen) atoms. The number of thiazole rings is 1. The summed E-state index contributed by atoms with van der Waals surface area (Å²) in [6, 6.07) is 5.58. The largest absolute Gasteiger partial charge is 0.375 e. The summed E-state index contributed by atoms with van der Waals surface area (Å²) in [4.78, 5) is 18.5. The Hall–Kier alpha value is -1.88. The van der Waals surface area contributed by atoms with E-state index in [9.17, 15) is 4.79 Å². The summed E-state index contributed by atoms with van der Waals surface area (Å²) in [5.74, 6) is 0.0846. The third-order valence-corrected chi connectivity index (χ3v) is 4.12. The van der Waals surface area contributed by atoms with Crippen LogP contribution >= 0.6 is 11.3 Å². The van der Waals surface area contributed by atoms with Crippen LogP contribution in [0.15, 0.2) is 29.8 Å². The third kappa shape index (κ3) is 2.33. The van der Waals surface area contributed by atoms with Gasteiger partial charge in [0, 0.05) is 18.7 Å². The van der Waals surface area contributed by atoms with Crippen molar-refractivity contribution in [3.8, 4) is 0 Å². The van der Waals surface area contributed by atoms with Gasteiger partial charge in [-0.15, -0.1) is 0 Å². The van der Waals surface area contributed by atoms with Gasteiger partial charge in [0.05, 0.1) is 10.2 Å². The maximum Gasteiger partial charge on any atom is 0.254 e. The van der Waals surface area contributed by atoms with Crippen molar-refractivity contribution in [3.63, 3.8) is 0 Å². The molecule has 0 radical (unpaired) electrons. The SMILES string of the molecule is CC1=CCCN(C(=O)c2ccc3nc(N)sc3c2)C1. The van der Waals surface area contributed by atoms with Crippen molar-refractivity contribution in [3.05, 3.63) is 35.4 Å². The highest BCUT2D eigenvalue weighted by atomic mass is 32.1. The minimum atomic E-state index is 0.0846. The van der Waals surface area contributed by atoms with Crippen LogP contribution in [-0.4, -0.2) is 28.9 Å². The molecule has 0 aliphatic carbocycles. The van der Waals surface area contributed by atoms with Crippen LogP contribution < -0.4 is 5.73 Å². The zero-order valence-corrected chi connectivity index (χ0v) is 11.5. The molecule has 1 aliphatic heterocycles. The topological polar surface area (TPSA) is 59.2 Å². The predicted octanol–water partition coefficient (Wildman–Crippen LogP) is 2.67. The van der Waals surface area contributed by atoms with Gasteiger partial charge >= 0.3 is 0 Å². The van der Waals surface area contributed by atoms with Crippen LogP contribution in [0.2, 0.25) is 0 Å². The molecule has 0 unspecified atom stereocenters. The molecule has 0 bridgehead atoms. The minimum Gasteiger partial charge on any atom is -0.375 e. The van der Waals surface area contributed by atoms with Gasteiger partial charge in [-0.1, -0.05) is 23.0 Å². The van der Waals surface area contributed by atoms with E-state index in [1.54, 1.807) is 0 Å². The number of carbonyl (C=O) groups excluding carboxylic acids is 1. The fourth-order valence-electron chi connectivity index (χ4n) is 2.34. The number of rotatable bonds is 1. The normalized spacial score (nSPS) is 15.6. The van der Waals surface area contributed by atoms with Gasteiger partial charge in [0.25, 0.3) is 5.91 Å². The molecular formula is C14H15N3OS. The summed E-state index contributed by atoms with van der Waals surface area (Å²) in [6.45, 7) is 3.58. The van der Waals surface area contributed by atoms with Crippen molar-refractivity contribution in [2.45, 2.75) is 13.3 Å². The maximum atomic E-state index is 12.4. The Balaban J connectivity index is 1.90. The van der Waals surface area contributed by atoms with E-state index >= 15 is 0 Å². The van der Waals surface area contributed by atoms with Crippen LogP contribution in [0.4, 0.5) is 5.13 Å². The molecule has 5 heteroatoms. The van der Waals surface area contributed by atoms with E-state index in [-0.39, 0.29) is 5.91 Å². The summed E-state index contributed by atoms with van der Waals surface area (Å²) in [5.41, 5.74) is 8.50. The number of nitrogens with zero attached hydrogens (tertiary/aromatic N) is 2. The Morgan fingerprint density at radius 3 is 3.11 bits per heavy atom. The molecule has 0 saturated heterocycles. The van der Waals surface area contributed by atoms with Gasteiger partial charge in [-0.3, -0.25) is 4.79 Å². The first-order valence-corrected chi connectivity index (χ1v) is 7.06. The number of nitrogens with two attached hydrogens (primary N) is 1. The first-order valence-electron chi connectivity index (χ1n) is 6.24. The number of carbonyl (C=O) groups is 1. The quantitative estimate of drug-likeness (QED) is 0.813. The molecule has 1 aliphatic rings. The van der Waals surface area contributed by atoms with Gasteiger partial charge in [-0.2, -0.15) is 0 Å². The number of amides is 1. The standard InChI is InChI=1S/C14H15N3OS/c1-9-3-2-6-17(8-9)13(18)10-4-5-11-12(7-10)19-14(15)16-11/h3-5,7H,2,6,8H2,1H3,(H2,15,16). The monoisotopic (exact) mass is 273 g/mol. The number of benzene rings is 1. The molecule has 1 aromatic heterocycles. The molecule has 0 atom stereocenters. The van der Waals surface area contributed by atoms with Crippen LogP contribution in [0.25, 0.3) is 10.2 Å². The predicted molar refractivity (Wildman–Crippen MR) is 78.3 cm³/mol. The molecule has 3 rings (SSSR count). The highest BCUT2D eigenvalue weighted by Gasteiger charge is 2.18. The van der Waals surface area contributed by atoms with E-state index in [1.807, 2.05) is 23.1 Å². The van der Waals surface area contributed by atoms with Crippen LogP contribution in [0.3, 0.4) is 0 Å². The van der Waals surface area contributed by atoms with Crippen LogP contribution in [-0.2, 0) is 0 Å². The summed E-state index contributed by atoms with van der Waals surface area (Å²) in [6.07, 6.45) is 3.13. The number of anilines is 1. The Labute approximate surface area is 115 Å². The second-order valence-corrected chi connectivity index (χ2v) is 5.86. The lowest BCUT2D eigenvalue weighted by atomic mass is 10.1. The molecule has 1 aromatic carbocycles. The molecule has 4 nitrogen and oxygen atoms in total. The van der Waals surface area contributed by atoms with Gasteiger partial charge < -0.3 is 10.6 Å². The smallest absolute Gasteiger partial charge is 0.254 e. The summed E-state index contributed by atoms with van der Waals surface area (Å²) < 4.78 is 0.965. The molecule has 0 spiro atoms. The van der Waals surface area contributed by atoms with E-state index in [1.165, 1.54) is 16.9 Å².